The summed E-state index contributed by atoms with van der Waals surface area (Å²) in [6, 6.07) is 6.94. The van der Waals surface area contributed by atoms with Crippen molar-refractivity contribution in [3.05, 3.63) is 41.8 Å². The smallest absolute Gasteiger partial charge is 0.132 e. The fourth-order valence-electron chi connectivity index (χ4n) is 1.72. The molecule has 1 aromatic carbocycles. The molecule has 0 saturated heterocycles. The van der Waals surface area contributed by atoms with Crippen molar-refractivity contribution in [1.29, 1.82) is 0 Å². The zero-order valence-electron chi connectivity index (χ0n) is 9.37. The summed E-state index contributed by atoms with van der Waals surface area (Å²) in [6.45, 7) is 0.727. The van der Waals surface area contributed by atoms with Crippen LogP contribution in [0.25, 0.3) is 11.3 Å². The molecule has 0 atom stereocenters. The van der Waals surface area contributed by atoms with E-state index < -0.39 is 0 Å². The van der Waals surface area contributed by atoms with Gasteiger partial charge in [0.25, 0.3) is 0 Å². The van der Waals surface area contributed by atoms with Crippen molar-refractivity contribution < 1.29 is 4.39 Å². The molecule has 0 amide bonds. The van der Waals surface area contributed by atoms with E-state index in [2.05, 4.69) is 10.4 Å². The second-order valence-corrected chi connectivity index (χ2v) is 3.68. The van der Waals surface area contributed by atoms with Gasteiger partial charge in [0.1, 0.15) is 5.82 Å². The Balaban J connectivity index is 2.47. The second-order valence-electron chi connectivity index (χ2n) is 3.68. The van der Waals surface area contributed by atoms with Crippen molar-refractivity contribution in [2.45, 2.75) is 6.54 Å². The van der Waals surface area contributed by atoms with Gasteiger partial charge in [-0.2, -0.15) is 5.10 Å². The first-order valence-corrected chi connectivity index (χ1v) is 5.14. The number of aryl methyl sites for hydroxylation is 1. The lowest BCUT2D eigenvalue weighted by molar-refractivity contribution is 0.626. The highest BCUT2D eigenvalue weighted by Gasteiger charge is 2.09. The van der Waals surface area contributed by atoms with Crippen molar-refractivity contribution in [2.75, 3.05) is 7.05 Å². The molecule has 3 nitrogen and oxygen atoms in total. The van der Waals surface area contributed by atoms with Crippen LogP contribution in [-0.2, 0) is 13.6 Å². The summed E-state index contributed by atoms with van der Waals surface area (Å²) in [5.41, 5.74) is 2.43. The van der Waals surface area contributed by atoms with Crippen LogP contribution < -0.4 is 5.32 Å². The van der Waals surface area contributed by atoms with Crippen LogP contribution in [0.3, 0.4) is 0 Å². The van der Waals surface area contributed by atoms with Crippen molar-refractivity contribution in [3.8, 4) is 11.3 Å². The van der Waals surface area contributed by atoms with Crippen LogP contribution in [0.2, 0.25) is 0 Å². The largest absolute Gasteiger partial charge is 0.316 e. The molecular weight excluding hydrogens is 205 g/mol. The van der Waals surface area contributed by atoms with E-state index >= 15 is 0 Å². The van der Waals surface area contributed by atoms with E-state index in [-0.39, 0.29) is 5.82 Å². The zero-order chi connectivity index (χ0) is 11.5. The van der Waals surface area contributed by atoms with E-state index in [1.165, 1.54) is 6.07 Å². The SMILES string of the molecule is CNCc1ccc(F)c(-c2ccnn2C)c1. The Labute approximate surface area is 93.9 Å². The molecule has 1 aromatic heterocycles. The molecule has 0 fully saturated rings. The van der Waals surface area contributed by atoms with Crippen molar-refractivity contribution in [2.24, 2.45) is 7.05 Å². The lowest BCUT2D eigenvalue weighted by Crippen LogP contribution is -2.05. The van der Waals surface area contributed by atoms with Gasteiger partial charge >= 0.3 is 0 Å². The molecule has 0 aliphatic carbocycles. The Kier molecular flexibility index (Phi) is 3.01. The fraction of sp³-hybridized carbons (Fsp3) is 0.250. The maximum atomic E-state index is 13.7. The lowest BCUT2D eigenvalue weighted by atomic mass is 10.1. The third-order valence-corrected chi connectivity index (χ3v) is 2.51. The fourth-order valence-corrected chi connectivity index (χ4v) is 1.72. The minimum Gasteiger partial charge on any atom is -0.316 e. The highest BCUT2D eigenvalue weighted by Crippen LogP contribution is 2.23. The van der Waals surface area contributed by atoms with Crippen LogP contribution in [0.4, 0.5) is 4.39 Å². The lowest BCUT2D eigenvalue weighted by Gasteiger charge is -2.07. The minimum atomic E-state index is -0.219. The van der Waals surface area contributed by atoms with E-state index in [1.54, 1.807) is 24.0 Å². The van der Waals surface area contributed by atoms with E-state index in [0.29, 0.717) is 5.56 Å². The number of aromatic nitrogens is 2. The monoisotopic (exact) mass is 219 g/mol. The maximum Gasteiger partial charge on any atom is 0.132 e. The first-order chi connectivity index (χ1) is 7.72. The van der Waals surface area contributed by atoms with E-state index in [1.807, 2.05) is 19.2 Å². The quantitative estimate of drug-likeness (QED) is 0.855. The molecular formula is C12H14FN3. The summed E-state index contributed by atoms with van der Waals surface area (Å²) in [5.74, 6) is -0.219. The van der Waals surface area contributed by atoms with Gasteiger partial charge in [0.15, 0.2) is 0 Å². The second kappa shape index (κ2) is 4.45. The number of nitrogens with zero attached hydrogens (tertiary/aromatic N) is 2. The summed E-state index contributed by atoms with van der Waals surface area (Å²) < 4.78 is 15.4. The number of halogens is 1. The molecule has 0 spiro atoms. The Hall–Kier alpha value is -1.68. The van der Waals surface area contributed by atoms with Gasteiger partial charge in [-0.05, 0) is 30.8 Å². The highest BCUT2D eigenvalue weighted by atomic mass is 19.1. The molecule has 84 valence electrons. The third kappa shape index (κ3) is 1.97. The number of hydrogen-bond donors (Lipinski definition) is 1. The van der Waals surface area contributed by atoms with Crippen LogP contribution in [-0.4, -0.2) is 16.8 Å². The summed E-state index contributed by atoms with van der Waals surface area (Å²) in [5, 5.41) is 7.09. The highest BCUT2D eigenvalue weighted by molar-refractivity contribution is 5.61. The van der Waals surface area contributed by atoms with Crippen LogP contribution in [0.15, 0.2) is 30.5 Å². The summed E-state index contributed by atoms with van der Waals surface area (Å²) >= 11 is 0. The van der Waals surface area contributed by atoms with Crippen molar-refractivity contribution in [3.63, 3.8) is 0 Å². The molecule has 0 bridgehead atoms. The maximum absolute atomic E-state index is 13.7. The molecule has 0 saturated carbocycles. The summed E-state index contributed by atoms with van der Waals surface area (Å²) in [7, 11) is 3.67. The Morgan fingerprint density at radius 2 is 2.19 bits per heavy atom. The predicted molar refractivity (Wildman–Crippen MR) is 61.4 cm³/mol. The number of rotatable bonds is 3. The first kappa shape index (κ1) is 10.8. The molecule has 0 radical (unpaired) electrons. The molecule has 0 unspecified atom stereocenters. The predicted octanol–water partition coefficient (Wildman–Crippen LogP) is 1.95. The Morgan fingerprint density at radius 3 is 2.81 bits per heavy atom. The van der Waals surface area contributed by atoms with E-state index in [0.717, 1.165) is 17.8 Å². The van der Waals surface area contributed by atoms with Crippen LogP contribution in [0.5, 0.6) is 0 Å². The number of hydrogen-bond acceptors (Lipinski definition) is 2. The van der Waals surface area contributed by atoms with Crippen LogP contribution >= 0.6 is 0 Å². The first-order valence-electron chi connectivity index (χ1n) is 5.14. The van der Waals surface area contributed by atoms with E-state index in [4.69, 9.17) is 0 Å². The van der Waals surface area contributed by atoms with Gasteiger partial charge in [-0.1, -0.05) is 6.07 Å². The van der Waals surface area contributed by atoms with Crippen LogP contribution in [0, 0.1) is 5.82 Å². The van der Waals surface area contributed by atoms with Gasteiger partial charge in [0.2, 0.25) is 0 Å². The summed E-state index contributed by atoms with van der Waals surface area (Å²) in [6.07, 6.45) is 1.67. The standard InChI is InChI=1S/C12H14FN3/c1-14-8-9-3-4-11(13)10(7-9)12-5-6-15-16(12)2/h3-7,14H,8H2,1-2H3. The van der Waals surface area contributed by atoms with Crippen LogP contribution in [0.1, 0.15) is 5.56 Å². The molecule has 2 aromatic rings. The van der Waals surface area contributed by atoms with E-state index in [9.17, 15) is 4.39 Å². The molecule has 2 rings (SSSR count). The van der Waals surface area contributed by atoms with Gasteiger partial charge in [-0.3, -0.25) is 4.68 Å². The van der Waals surface area contributed by atoms with Gasteiger partial charge in [-0.15, -0.1) is 0 Å². The van der Waals surface area contributed by atoms with Gasteiger partial charge in [0, 0.05) is 25.4 Å². The molecule has 4 heteroatoms. The molecule has 1 heterocycles. The third-order valence-electron chi connectivity index (χ3n) is 2.51. The van der Waals surface area contributed by atoms with Gasteiger partial charge in [0.05, 0.1) is 5.69 Å². The minimum absolute atomic E-state index is 0.219. The zero-order valence-corrected chi connectivity index (χ0v) is 9.37. The Morgan fingerprint density at radius 1 is 1.38 bits per heavy atom. The average Bonchev–Trinajstić information content (AvgIpc) is 2.68. The molecule has 16 heavy (non-hydrogen) atoms. The van der Waals surface area contributed by atoms with Gasteiger partial charge in [-0.25, -0.2) is 4.39 Å². The summed E-state index contributed by atoms with van der Waals surface area (Å²) in [4.78, 5) is 0. The van der Waals surface area contributed by atoms with Crippen molar-refractivity contribution in [1.82, 2.24) is 15.1 Å². The molecule has 1 N–H and O–H groups in total. The number of nitrogens with one attached hydrogen (secondary N) is 1. The average molecular weight is 219 g/mol. The normalized spacial score (nSPS) is 10.7. The Bertz CT molecular complexity index is 491. The topological polar surface area (TPSA) is 29.9 Å². The number of benzene rings is 1. The molecule has 0 aliphatic heterocycles. The molecule has 0 aliphatic rings. The van der Waals surface area contributed by atoms with Crippen molar-refractivity contribution >= 4 is 0 Å². The van der Waals surface area contributed by atoms with Gasteiger partial charge < -0.3 is 5.32 Å².